The fourth-order valence-corrected chi connectivity index (χ4v) is 5.22. The summed E-state index contributed by atoms with van der Waals surface area (Å²) in [6, 6.07) is 4.61. The van der Waals surface area contributed by atoms with Gasteiger partial charge >= 0.3 is 5.97 Å². The van der Waals surface area contributed by atoms with Crippen molar-refractivity contribution in [1.82, 2.24) is 4.72 Å². The number of nitrogens with one attached hydrogen (secondary N) is 1. The standard InChI is InChI=1S/C13H16N2O4S2/c1-9-3-2-6-13(7-9,12(16)17)15-21(18,19)11-5-4-10(8-14)20-11/h4-5,9,15H,2-3,6-7H2,1H3,(H,16,17). The van der Waals surface area contributed by atoms with E-state index >= 15 is 0 Å². The molecule has 2 atom stereocenters. The van der Waals surface area contributed by atoms with Crippen molar-refractivity contribution in [3.05, 3.63) is 17.0 Å². The van der Waals surface area contributed by atoms with E-state index in [9.17, 15) is 18.3 Å². The summed E-state index contributed by atoms with van der Waals surface area (Å²) in [7, 11) is -3.94. The molecule has 21 heavy (non-hydrogen) atoms. The molecule has 0 bridgehead atoms. The normalized spacial score (nSPS) is 26.2. The number of hydrogen-bond donors (Lipinski definition) is 2. The zero-order chi connectivity index (χ0) is 15.7. The molecule has 0 saturated heterocycles. The van der Waals surface area contributed by atoms with Crippen molar-refractivity contribution in [2.75, 3.05) is 0 Å². The topological polar surface area (TPSA) is 107 Å². The molecule has 114 valence electrons. The van der Waals surface area contributed by atoms with Gasteiger partial charge in [0.15, 0.2) is 0 Å². The van der Waals surface area contributed by atoms with Gasteiger partial charge in [-0.2, -0.15) is 9.98 Å². The highest BCUT2D eigenvalue weighted by atomic mass is 32.2. The second kappa shape index (κ2) is 5.75. The number of carboxylic acids is 1. The van der Waals surface area contributed by atoms with Gasteiger partial charge in [0.25, 0.3) is 10.0 Å². The van der Waals surface area contributed by atoms with Gasteiger partial charge in [-0.05, 0) is 30.9 Å². The van der Waals surface area contributed by atoms with Crippen LogP contribution in [0.25, 0.3) is 0 Å². The highest BCUT2D eigenvalue weighted by Crippen LogP contribution is 2.34. The molecule has 2 N–H and O–H groups in total. The Morgan fingerprint density at radius 3 is 2.81 bits per heavy atom. The molecule has 8 heteroatoms. The number of sulfonamides is 1. The van der Waals surface area contributed by atoms with E-state index in [-0.39, 0.29) is 27.8 Å². The summed E-state index contributed by atoms with van der Waals surface area (Å²) in [5.74, 6) is -0.995. The molecule has 0 aliphatic heterocycles. The molecule has 6 nitrogen and oxygen atoms in total. The van der Waals surface area contributed by atoms with E-state index < -0.39 is 21.5 Å². The zero-order valence-corrected chi connectivity index (χ0v) is 13.1. The fraction of sp³-hybridized carbons (Fsp3) is 0.538. The van der Waals surface area contributed by atoms with Gasteiger partial charge in [-0.25, -0.2) is 8.42 Å². The van der Waals surface area contributed by atoms with E-state index in [2.05, 4.69) is 4.72 Å². The SMILES string of the molecule is CC1CCCC(NS(=O)(=O)c2ccc(C#N)s2)(C(=O)O)C1. The quantitative estimate of drug-likeness (QED) is 0.878. The maximum Gasteiger partial charge on any atom is 0.324 e. The molecule has 1 heterocycles. The Bertz CT molecular complexity index is 689. The number of carboxylic acid groups (broad SMARTS) is 1. The first kappa shape index (κ1) is 15.9. The van der Waals surface area contributed by atoms with Crippen LogP contribution in [0, 0.1) is 17.2 Å². The maximum atomic E-state index is 12.4. The van der Waals surface area contributed by atoms with Crippen LogP contribution in [0.1, 0.15) is 37.5 Å². The van der Waals surface area contributed by atoms with Crippen molar-refractivity contribution in [2.24, 2.45) is 5.92 Å². The van der Waals surface area contributed by atoms with Gasteiger partial charge in [-0.1, -0.05) is 19.8 Å². The minimum absolute atomic E-state index is 0.0297. The van der Waals surface area contributed by atoms with Crippen molar-refractivity contribution in [3.63, 3.8) is 0 Å². The highest BCUT2D eigenvalue weighted by Gasteiger charge is 2.45. The maximum absolute atomic E-state index is 12.4. The largest absolute Gasteiger partial charge is 0.480 e. The predicted octanol–water partition coefficient (Wildman–Crippen LogP) is 1.93. The van der Waals surface area contributed by atoms with Gasteiger partial charge in [-0.15, -0.1) is 11.3 Å². The number of nitrogens with zero attached hydrogens (tertiary/aromatic N) is 1. The van der Waals surface area contributed by atoms with E-state index in [0.29, 0.717) is 6.42 Å². The third kappa shape index (κ3) is 3.26. The summed E-state index contributed by atoms with van der Waals surface area (Å²) in [5, 5.41) is 18.3. The monoisotopic (exact) mass is 328 g/mol. The van der Waals surface area contributed by atoms with Crippen molar-refractivity contribution >= 4 is 27.3 Å². The highest BCUT2D eigenvalue weighted by molar-refractivity contribution is 7.91. The summed E-state index contributed by atoms with van der Waals surface area (Å²) in [6.45, 7) is 1.92. The zero-order valence-electron chi connectivity index (χ0n) is 11.5. The Hall–Kier alpha value is -1.43. The molecule has 0 aromatic carbocycles. The van der Waals surface area contributed by atoms with Crippen LogP contribution < -0.4 is 4.72 Å². The molecule has 0 radical (unpaired) electrons. The molecule has 2 rings (SSSR count). The van der Waals surface area contributed by atoms with Crippen LogP contribution in [0.5, 0.6) is 0 Å². The minimum Gasteiger partial charge on any atom is -0.480 e. The third-order valence-electron chi connectivity index (χ3n) is 3.69. The summed E-state index contributed by atoms with van der Waals surface area (Å²) in [5.41, 5.74) is -1.45. The molecule has 0 amide bonds. The third-order valence-corrected chi connectivity index (χ3v) is 6.71. The molecule has 1 aromatic rings. The van der Waals surface area contributed by atoms with E-state index in [1.165, 1.54) is 12.1 Å². The summed E-state index contributed by atoms with van der Waals surface area (Å²) >= 11 is 0.835. The Labute approximate surface area is 127 Å². The van der Waals surface area contributed by atoms with Gasteiger partial charge in [-0.3, -0.25) is 4.79 Å². The van der Waals surface area contributed by atoms with Crippen molar-refractivity contribution in [2.45, 2.75) is 42.4 Å². The average Bonchev–Trinajstić information content (AvgIpc) is 2.87. The first-order valence-electron chi connectivity index (χ1n) is 6.56. The first-order chi connectivity index (χ1) is 9.79. The second-order valence-corrected chi connectivity index (χ2v) is 8.42. The summed E-state index contributed by atoms with van der Waals surface area (Å²) in [6.07, 6.45) is 2.12. The molecule has 1 aliphatic rings. The van der Waals surface area contributed by atoms with Gasteiger partial charge in [0, 0.05) is 0 Å². The number of hydrogen-bond acceptors (Lipinski definition) is 5. The molecular formula is C13H16N2O4S2. The molecule has 1 fully saturated rings. The number of carbonyl (C=O) groups is 1. The van der Waals surface area contributed by atoms with Crippen LogP contribution in [-0.4, -0.2) is 25.0 Å². The van der Waals surface area contributed by atoms with Crippen LogP contribution in [0.4, 0.5) is 0 Å². The average molecular weight is 328 g/mol. The Morgan fingerprint density at radius 1 is 1.57 bits per heavy atom. The van der Waals surface area contributed by atoms with Gasteiger partial charge in [0.2, 0.25) is 0 Å². The molecule has 1 aliphatic carbocycles. The molecule has 0 spiro atoms. The number of thiophene rings is 1. The van der Waals surface area contributed by atoms with E-state index in [4.69, 9.17) is 5.26 Å². The summed E-state index contributed by atoms with van der Waals surface area (Å²) in [4.78, 5) is 11.9. The van der Waals surface area contributed by atoms with Crippen LogP contribution in [0.15, 0.2) is 16.3 Å². The van der Waals surface area contributed by atoms with E-state index in [1.54, 1.807) is 0 Å². The van der Waals surface area contributed by atoms with Gasteiger partial charge in [0.1, 0.15) is 20.7 Å². The molecule has 1 aromatic heterocycles. The van der Waals surface area contributed by atoms with E-state index in [0.717, 1.165) is 17.8 Å². The van der Waals surface area contributed by atoms with Crippen molar-refractivity contribution < 1.29 is 18.3 Å². The summed E-state index contributed by atoms with van der Waals surface area (Å²) < 4.78 is 27.1. The lowest BCUT2D eigenvalue weighted by Crippen LogP contribution is -2.56. The minimum atomic E-state index is -3.94. The Balaban J connectivity index is 2.32. The van der Waals surface area contributed by atoms with Crippen LogP contribution in [-0.2, 0) is 14.8 Å². The Morgan fingerprint density at radius 2 is 2.29 bits per heavy atom. The number of nitriles is 1. The second-order valence-electron chi connectivity index (χ2n) is 5.42. The molecule has 1 saturated carbocycles. The number of aliphatic carboxylic acids is 1. The van der Waals surface area contributed by atoms with Gasteiger partial charge in [0.05, 0.1) is 0 Å². The fourth-order valence-electron chi connectivity index (χ4n) is 2.71. The molecular weight excluding hydrogens is 312 g/mol. The van der Waals surface area contributed by atoms with Crippen molar-refractivity contribution in [3.8, 4) is 6.07 Å². The van der Waals surface area contributed by atoms with Crippen molar-refractivity contribution in [1.29, 1.82) is 5.26 Å². The lowest BCUT2D eigenvalue weighted by atomic mass is 9.77. The van der Waals surface area contributed by atoms with Crippen LogP contribution >= 0.6 is 11.3 Å². The lowest BCUT2D eigenvalue weighted by molar-refractivity contribution is -0.146. The Kier molecular flexibility index (Phi) is 4.37. The molecule has 2 unspecified atom stereocenters. The lowest BCUT2D eigenvalue weighted by Gasteiger charge is -2.36. The van der Waals surface area contributed by atoms with Gasteiger partial charge < -0.3 is 5.11 Å². The van der Waals surface area contributed by atoms with E-state index in [1.807, 2.05) is 13.0 Å². The smallest absolute Gasteiger partial charge is 0.324 e. The van der Waals surface area contributed by atoms with Crippen LogP contribution in [0.3, 0.4) is 0 Å². The van der Waals surface area contributed by atoms with Crippen LogP contribution in [0.2, 0.25) is 0 Å². The first-order valence-corrected chi connectivity index (χ1v) is 8.86. The number of rotatable bonds is 4. The predicted molar refractivity (Wildman–Crippen MR) is 77.4 cm³/mol.